The van der Waals surface area contributed by atoms with Gasteiger partial charge < -0.3 is 9.84 Å². The van der Waals surface area contributed by atoms with Crippen LogP contribution in [0.25, 0.3) is 0 Å². The second kappa shape index (κ2) is 6.83. The fraction of sp³-hybridized carbons (Fsp3) is 0.429. The molecular formula is C14H19N5O2. The summed E-state index contributed by atoms with van der Waals surface area (Å²) in [4.78, 5) is 20.6. The molecule has 0 spiro atoms. The molecule has 21 heavy (non-hydrogen) atoms. The number of anilines is 2. The van der Waals surface area contributed by atoms with Crippen LogP contribution in [-0.2, 0) is 6.42 Å². The zero-order chi connectivity index (χ0) is 15.2. The number of nitrogens with one attached hydrogen (secondary N) is 2. The van der Waals surface area contributed by atoms with Crippen LogP contribution in [0.1, 0.15) is 42.1 Å². The van der Waals surface area contributed by atoms with Gasteiger partial charge in [0.2, 0.25) is 0 Å². The summed E-state index contributed by atoms with van der Waals surface area (Å²) in [5.74, 6) is 0.873. The number of carbonyl (C=O) groups is 1. The number of hydrogen-bond acceptors (Lipinski definition) is 6. The first-order valence-electron chi connectivity index (χ1n) is 6.98. The third-order valence-corrected chi connectivity index (χ3v) is 2.81. The van der Waals surface area contributed by atoms with Crippen molar-refractivity contribution in [3.8, 4) is 0 Å². The van der Waals surface area contributed by atoms with Crippen LogP contribution in [0.15, 0.2) is 16.7 Å². The highest BCUT2D eigenvalue weighted by atomic mass is 16.5. The van der Waals surface area contributed by atoms with Gasteiger partial charge >= 0.3 is 6.01 Å². The molecule has 0 aliphatic heterocycles. The maximum absolute atomic E-state index is 12.2. The Morgan fingerprint density at radius 3 is 2.71 bits per heavy atom. The molecule has 0 aliphatic rings. The molecule has 0 atom stereocenters. The van der Waals surface area contributed by atoms with E-state index in [1.807, 2.05) is 6.92 Å². The lowest BCUT2D eigenvalue weighted by atomic mass is 10.2. The molecule has 2 aromatic heterocycles. The zero-order valence-corrected chi connectivity index (χ0v) is 12.4. The van der Waals surface area contributed by atoms with E-state index in [2.05, 4.69) is 32.7 Å². The predicted molar refractivity (Wildman–Crippen MR) is 79.4 cm³/mol. The van der Waals surface area contributed by atoms with Gasteiger partial charge in [-0.3, -0.25) is 10.1 Å². The molecule has 0 saturated heterocycles. The lowest BCUT2D eigenvalue weighted by Gasteiger charge is -2.08. The van der Waals surface area contributed by atoms with Gasteiger partial charge in [-0.2, -0.15) is 4.98 Å². The lowest BCUT2D eigenvalue weighted by molar-refractivity contribution is 0.102. The van der Waals surface area contributed by atoms with E-state index in [4.69, 9.17) is 4.52 Å². The van der Waals surface area contributed by atoms with E-state index in [-0.39, 0.29) is 11.9 Å². The molecule has 7 nitrogen and oxygen atoms in total. The Hall–Kier alpha value is -2.44. The Bertz CT molecular complexity index is 624. The third kappa shape index (κ3) is 4.01. The molecule has 0 fully saturated rings. The van der Waals surface area contributed by atoms with Crippen LogP contribution in [0.5, 0.6) is 0 Å². The number of hydrogen-bond donors (Lipinski definition) is 2. The van der Waals surface area contributed by atoms with Crippen LogP contribution in [0.3, 0.4) is 0 Å². The van der Waals surface area contributed by atoms with Crippen molar-refractivity contribution in [2.75, 3.05) is 17.2 Å². The molecular weight excluding hydrogens is 270 g/mol. The van der Waals surface area contributed by atoms with E-state index in [0.29, 0.717) is 17.2 Å². The number of aromatic nitrogens is 3. The summed E-state index contributed by atoms with van der Waals surface area (Å²) in [7, 11) is 0. The highest BCUT2D eigenvalue weighted by Gasteiger charge is 2.12. The molecule has 0 saturated carbocycles. The molecule has 1 amide bonds. The van der Waals surface area contributed by atoms with Crippen LogP contribution in [0, 0.1) is 6.92 Å². The molecule has 0 aliphatic carbocycles. The molecule has 112 valence electrons. The van der Waals surface area contributed by atoms with E-state index in [1.165, 1.54) is 0 Å². The number of rotatable bonds is 6. The Morgan fingerprint density at radius 2 is 2.10 bits per heavy atom. The number of nitrogens with zero attached hydrogens (tertiary/aromatic N) is 3. The van der Waals surface area contributed by atoms with Gasteiger partial charge in [0, 0.05) is 17.8 Å². The fourth-order valence-electron chi connectivity index (χ4n) is 1.76. The van der Waals surface area contributed by atoms with Gasteiger partial charge in [0.05, 0.1) is 0 Å². The van der Waals surface area contributed by atoms with Crippen molar-refractivity contribution in [2.45, 2.75) is 33.6 Å². The van der Waals surface area contributed by atoms with Crippen molar-refractivity contribution in [1.29, 1.82) is 0 Å². The Balaban J connectivity index is 2.18. The molecule has 0 radical (unpaired) electrons. The van der Waals surface area contributed by atoms with Crippen molar-refractivity contribution < 1.29 is 9.32 Å². The highest BCUT2D eigenvalue weighted by molar-refractivity contribution is 6.03. The van der Waals surface area contributed by atoms with Crippen molar-refractivity contribution in [3.05, 3.63) is 29.2 Å². The first kappa shape index (κ1) is 15.0. The molecule has 0 bridgehead atoms. The van der Waals surface area contributed by atoms with Crippen molar-refractivity contribution >= 4 is 17.7 Å². The number of carbonyl (C=O) groups excluding carboxylic acids is 1. The fourth-order valence-corrected chi connectivity index (χ4v) is 1.76. The molecule has 2 N–H and O–H groups in total. The van der Waals surface area contributed by atoms with Crippen LogP contribution in [-0.4, -0.2) is 27.6 Å². The van der Waals surface area contributed by atoms with Gasteiger partial charge in [-0.05, 0) is 31.9 Å². The normalized spacial score (nSPS) is 10.4. The number of aryl methyl sites for hydroxylation is 2. The molecule has 7 heteroatoms. The summed E-state index contributed by atoms with van der Waals surface area (Å²) in [6, 6.07) is 3.57. The van der Waals surface area contributed by atoms with Gasteiger partial charge in [-0.15, -0.1) is 0 Å². The minimum absolute atomic E-state index is 0.0930. The minimum atomic E-state index is -0.296. The topological polar surface area (TPSA) is 92.9 Å². The van der Waals surface area contributed by atoms with Crippen molar-refractivity contribution in [2.24, 2.45) is 0 Å². The average molecular weight is 289 g/mol. The second-order valence-corrected chi connectivity index (χ2v) is 4.61. The molecule has 2 aromatic rings. The van der Waals surface area contributed by atoms with Crippen LogP contribution in [0.2, 0.25) is 0 Å². The van der Waals surface area contributed by atoms with Gasteiger partial charge in [0.15, 0.2) is 5.82 Å². The lowest BCUT2D eigenvalue weighted by Crippen LogP contribution is -2.14. The third-order valence-electron chi connectivity index (χ3n) is 2.81. The Labute approximate surface area is 123 Å². The summed E-state index contributed by atoms with van der Waals surface area (Å²) >= 11 is 0. The number of amides is 1. The second-order valence-electron chi connectivity index (χ2n) is 4.61. The maximum atomic E-state index is 12.2. The van der Waals surface area contributed by atoms with E-state index >= 15 is 0 Å². The summed E-state index contributed by atoms with van der Waals surface area (Å²) in [6.07, 6.45) is 1.74. The van der Waals surface area contributed by atoms with Gasteiger partial charge in [0.25, 0.3) is 5.91 Å². The Kier molecular flexibility index (Phi) is 4.86. The number of pyridine rings is 1. The maximum Gasteiger partial charge on any atom is 0.328 e. The van der Waals surface area contributed by atoms with E-state index in [1.54, 1.807) is 19.1 Å². The van der Waals surface area contributed by atoms with E-state index in [0.717, 1.165) is 25.1 Å². The monoisotopic (exact) mass is 289 g/mol. The predicted octanol–water partition coefficient (Wildman–Crippen LogP) is 2.41. The van der Waals surface area contributed by atoms with E-state index in [9.17, 15) is 4.79 Å². The summed E-state index contributed by atoms with van der Waals surface area (Å²) in [5, 5.41) is 9.40. The molecule has 0 unspecified atom stereocenters. The highest BCUT2D eigenvalue weighted by Crippen LogP contribution is 2.13. The summed E-state index contributed by atoms with van der Waals surface area (Å²) in [5.41, 5.74) is 1.36. The molecule has 2 rings (SSSR count). The van der Waals surface area contributed by atoms with Gasteiger partial charge in [0.1, 0.15) is 5.82 Å². The standard InChI is InChI=1S/C14H19N5O2/c1-4-6-15-12-8-10(7-11(5-2)17-12)13(20)18-14-16-9(3)19-21-14/h7-8H,4-6H2,1-3H3,(H,15,17)(H,16,18,19,20). The van der Waals surface area contributed by atoms with Crippen LogP contribution in [0.4, 0.5) is 11.8 Å². The van der Waals surface area contributed by atoms with Gasteiger partial charge in [-0.1, -0.05) is 19.0 Å². The smallest absolute Gasteiger partial charge is 0.328 e. The SMILES string of the molecule is CCCNc1cc(C(=O)Nc2nc(C)no2)cc(CC)n1. The average Bonchev–Trinajstić information content (AvgIpc) is 2.89. The zero-order valence-electron chi connectivity index (χ0n) is 12.4. The van der Waals surface area contributed by atoms with Crippen LogP contribution >= 0.6 is 0 Å². The summed E-state index contributed by atoms with van der Waals surface area (Å²) < 4.78 is 4.88. The summed E-state index contributed by atoms with van der Waals surface area (Å²) in [6.45, 7) is 6.56. The first-order valence-corrected chi connectivity index (χ1v) is 6.98. The largest absolute Gasteiger partial charge is 0.370 e. The van der Waals surface area contributed by atoms with Gasteiger partial charge in [-0.25, -0.2) is 4.98 Å². The van der Waals surface area contributed by atoms with Crippen molar-refractivity contribution in [1.82, 2.24) is 15.1 Å². The molecule has 0 aromatic carbocycles. The van der Waals surface area contributed by atoms with Crippen LogP contribution < -0.4 is 10.6 Å². The quantitative estimate of drug-likeness (QED) is 0.848. The van der Waals surface area contributed by atoms with E-state index < -0.39 is 0 Å². The van der Waals surface area contributed by atoms with Crippen molar-refractivity contribution in [3.63, 3.8) is 0 Å². The first-order chi connectivity index (χ1) is 10.1. The molecule has 2 heterocycles. The minimum Gasteiger partial charge on any atom is -0.370 e. The Morgan fingerprint density at radius 1 is 1.29 bits per heavy atom.